The highest BCUT2D eigenvalue weighted by molar-refractivity contribution is 6.44. The molecule has 2 aromatic rings. The zero-order chi connectivity index (χ0) is 15.1. The van der Waals surface area contributed by atoms with E-state index in [1.807, 2.05) is 0 Å². The second kappa shape index (κ2) is 5.20. The van der Waals surface area contributed by atoms with Crippen LogP contribution in [0.2, 0.25) is 10.0 Å². The Bertz CT molecular complexity index is 749. The van der Waals surface area contributed by atoms with Crippen molar-refractivity contribution in [1.29, 1.82) is 0 Å². The first kappa shape index (κ1) is 14.2. The molecule has 0 bridgehead atoms. The van der Waals surface area contributed by atoms with Gasteiger partial charge in [-0.15, -0.1) is 0 Å². The van der Waals surface area contributed by atoms with Crippen molar-refractivity contribution in [1.82, 2.24) is 0 Å². The zero-order valence-electron chi connectivity index (χ0n) is 10.9. The number of amides is 1. The molecule has 0 radical (unpaired) electrons. The predicted molar refractivity (Wildman–Crippen MR) is 82.7 cm³/mol. The zero-order valence-corrected chi connectivity index (χ0v) is 12.4. The van der Waals surface area contributed by atoms with Gasteiger partial charge in [0.1, 0.15) is 5.82 Å². The molecular formula is C15H11Cl2FN2O. The number of rotatable bonds is 1. The number of nitrogen functional groups attached to an aromatic ring is 1. The van der Waals surface area contributed by atoms with E-state index in [-0.39, 0.29) is 27.3 Å². The summed E-state index contributed by atoms with van der Waals surface area (Å²) in [7, 11) is 0. The van der Waals surface area contributed by atoms with Gasteiger partial charge in [0.05, 0.1) is 21.3 Å². The average Bonchev–Trinajstić information content (AvgIpc) is 2.85. The maximum Gasteiger partial charge on any atom is 0.259 e. The lowest BCUT2D eigenvalue weighted by molar-refractivity contribution is 0.0989. The SMILES string of the molecule is Nc1cc(Cl)c(Cl)c(C(=O)N2CCc3ccc(F)cc32)c1. The van der Waals surface area contributed by atoms with Crippen molar-refractivity contribution in [3.63, 3.8) is 0 Å². The largest absolute Gasteiger partial charge is 0.399 e. The number of carbonyl (C=O) groups excluding carboxylic acids is 1. The normalized spacial score (nSPS) is 13.4. The molecule has 1 aliphatic rings. The minimum atomic E-state index is -0.384. The van der Waals surface area contributed by atoms with Gasteiger partial charge in [-0.1, -0.05) is 29.3 Å². The van der Waals surface area contributed by atoms with Crippen LogP contribution in [0.3, 0.4) is 0 Å². The molecule has 0 unspecified atom stereocenters. The van der Waals surface area contributed by atoms with Crippen LogP contribution in [0.25, 0.3) is 0 Å². The molecule has 0 saturated carbocycles. The molecule has 108 valence electrons. The van der Waals surface area contributed by atoms with Crippen LogP contribution in [0.1, 0.15) is 15.9 Å². The highest BCUT2D eigenvalue weighted by atomic mass is 35.5. The van der Waals surface area contributed by atoms with Gasteiger partial charge >= 0.3 is 0 Å². The van der Waals surface area contributed by atoms with Gasteiger partial charge < -0.3 is 10.6 Å². The van der Waals surface area contributed by atoms with E-state index in [1.54, 1.807) is 6.07 Å². The van der Waals surface area contributed by atoms with Gasteiger partial charge in [0.25, 0.3) is 5.91 Å². The molecule has 21 heavy (non-hydrogen) atoms. The van der Waals surface area contributed by atoms with E-state index < -0.39 is 0 Å². The molecule has 1 amide bonds. The molecule has 0 atom stereocenters. The summed E-state index contributed by atoms with van der Waals surface area (Å²) in [6, 6.07) is 7.39. The van der Waals surface area contributed by atoms with Crippen LogP contribution < -0.4 is 10.6 Å². The third kappa shape index (κ3) is 2.45. The van der Waals surface area contributed by atoms with E-state index in [2.05, 4.69) is 0 Å². The molecule has 2 N–H and O–H groups in total. The Morgan fingerprint density at radius 2 is 2.00 bits per heavy atom. The predicted octanol–water partition coefficient (Wildman–Crippen LogP) is 3.92. The van der Waals surface area contributed by atoms with Crippen molar-refractivity contribution in [3.05, 3.63) is 57.3 Å². The van der Waals surface area contributed by atoms with Gasteiger partial charge in [0, 0.05) is 12.2 Å². The summed E-state index contributed by atoms with van der Waals surface area (Å²) in [6.45, 7) is 0.473. The van der Waals surface area contributed by atoms with Gasteiger partial charge in [-0.05, 0) is 36.2 Å². The topological polar surface area (TPSA) is 46.3 Å². The van der Waals surface area contributed by atoms with Crippen LogP contribution in [0.15, 0.2) is 30.3 Å². The number of hydrogen-bond acceptors (Lipinski definition) is 2. The first-order chi connectivity index (χ1) is 9.97. The Morgan fingerprint density at radius 3 is 2.76 bits per heavy atom. The Labute approximate surface area is 131 Å². The molecule has 0 fully saturated rings. The van der Waals surface area contributed by atoms with Gasteiger partial charge in [-0.3, -0.25) is 4.79 Å². The molecule has 1 heterocycles. The lowest BCUT2D eigenvalue weighted by atomic mass is 10.1. The van der Waals surface area contributed by atoms with E-state index in [4.69, 9.17) is 28.9 Å². The fourth-order valence-electron chi connectivity index (χ4n) is 2.47. The number of benzene rings is 2. The molecule has 6 heteroatoms. The molecule has 1 aliphatic heterocycles. The van der Waals surface area contributed by atoms with Crippen molar-refractivity contribution >= 4 is 40.5 Å². The van der Waals surface area contributed by atoms with Crippen molar-refractivity contribution in [2.45, 2.75) is 6.42 Å². The number of nitrogens with zero attached hydrogens (tertiary/aromatic N) is 1. The molecule has 3 rings (SSSR count). The van der Waals surface area contributed by atoms with Crippen LogP contribution >= 0.6 is 23.2 Å². The average molecular weight is 325 g/mol. The quantitative estimate of drug-likeness (QED) is 0.808. The lowest BCUT2D eigenvalue weighted by Crippen LogP contribution is -2.29. The van der Waals surface area contributed by atoms with Crippen LogP contribution in [0.4, 0.5) is 15.8 Å². The lowest BCUT2D eigenvalue weighted by Gasteiger charge is -2.18. The van der Waals surface area contributed by atoms with Crippen molar-refractivity contribution in [3.8, 4) is 0 Å². The molecule has 0 saturated heterocycles. The second-order valence-corrected chi connectivity index (χ2v) is 5.63. The van der Waals surface area contributed by atoms with Crippen molar-refractivity contribution in [2.75, 3.05) is 17.2 Å². The van der Waals surface area contributed by atoms with E-state index >= 15 is 0 Å². The van der Waals surface area contributed by atoms with Crippen LogP contribution in [-0.4, -0.2) is 12.5 Å². The number of halogens is 3. The number of fused-ring (bicyclic) bond motifs is 1. The van der Waals surface area contributed by atoms with E-state index in [9.17, 15) is 9.18 Å². The Balaban J connectivity index is 2.04. The second-order valence-electron chi connectivity index (χ2n) is 4.84. The summed E-state index contributed by atoms with van der Waals surface area (Å²) < 4.78 is 13.4. The van der Waals surface area contributed by atoms with Crippen LogP contribution in [-0.2, 0) is 6.42 Å². The number of hydrogen-bond donors (Lipinski definition) is 1. The first-order valence-corrected chi connectivity index (χ1v) is 7.08. The number of carbonyl (C=O) groups is 1. The minimum absolute atomic E-state index is 0.153. The summed E-state index contributed by atoms with van der Waals surface area (Å²) in [6.07, 6.45) is 0.676. The molecular weight excluding hydrogens is 314 g/mol. The van der Waals surface area contributed by atoms with E-state index in [0.29, 0.717) is 24.3 Å². The Morgan fingerprint density at radius 1 is 1.24 bits per heavy atom. The minimum Gasteiger partial charge on any atom is -0.399 e. The summed E-state index contributed by atoms with van der Waals surface area (Å²) in [5.74, 6) is -0.719. The molecule has 3 nitrogen and oxygen atoms in total. The number of anilines is 2. The van der Waals surface area contributed by atoms with Crippen LogP contribution in [0.5, 0.6) is 0 Å². The smallest absolute Gasteiger partial charge is 0.259 e. The standard InChI is InChI=1S/C15H11Cl2FN2O/c16-12-7-10(19)6-11(14(12)17)15(21)20-4-3-8-1-2-9(18)5-13(8)20/h1-2,5-7H,3-4,19H2. The summed E-state index contributed by atoms with van der Waals surface area (Å²) in [4.78, 5) is 14.1. The van der Waals surface area contributed by atoms with Gasteiger partial charge in [-0.2, -0.15) is 0 Å². The fraction of sp³-hybridized carbons (Fsp3) is 0.133. The molecule has 2 aromatic carbocycles. The fourth-order valence-corrected chi connectivity index (χ4v) is 2.89. The van der Waals surface area contributed by atoms with E-state index in [0.717, 1.165) is 5.56 Å². The van der Waals surface area contributed by atoms with Crippen molar-refractivity contribution in [2.24, 2.45) is 0 Å². The summed E-state index contributed by atoms with van der Waals surface area (Å²) in [5, 5.41) is 0.374. The van der Waals surface area contributed by atoms with Crippen molar-refractivity contribution < 1.29 is 9.18 Å². The summed E-state index contributed by atoms with van der Waals surface area (Å²) in [5.41, 5.74) is 7.78. The highest BCUT2D eigenvalue weighted by Gasteiger charge is 2.28. The van der Waals surface area contributed by atoms with Crippen LogP contribution in [0, 0.1) is 5.82 Å². The van der Waals surface area contributed by atoms with Gasteiger partial charge in [0.15, 0.2) is 0 Å². The molecule has 0 aliphatic carbocycles. The summed E-state index contributed by atoms with van der Waals surface area (Å²) >= 11 is 12.0. The maximum absolute atomic E-state index is 13.4. The van der Waals surface area contributed by atoms with E-state index in [1.165, 1.54) is 29.2 Å². The first-order valence-electron chi connectivity index (χ1n) is 6.32. The Hall–Kier alpha value is -1.78. The maximum atomic E-state index is 13.4. The number of nitrogens with two attached hydrogens (primary N) is 1. The third-order valence-corrected chi connectivity index (χ3v) is 4.27. The van der Waals surface area contributed by atoms with Gasteiger partial charge in [-0.25, -0.2) is 4.39 Å². The molecule has 0 aromatic heterocycles. The monoisotopic (exact) mass is 324 g/mol. The third-order valence-electron chi connectivity index (χ3n) is 3.47. The molecule has 0 spiro atoms. The highest BCUT2D eigenvalue weighted by Crippen LogP contribution is 2.34. The van der Waals surface area contributed by atoms with Gasteiger partial charge in [0.2, 0.25) is 0 Å². The Kier molecular flexibility index (Phi) is 3.51.